The molecule has 4 nitrogen and oxygen atoms in total. The summed E-state index contributed by atoms with van der Waals surface area (Å²) >= 11 is 0. The number of hydrogen-bond donors (Lipinski definition) is 2. The first kappa shape index (κ1) is 14.0. The molecular weight excluding hydrogens is 208 g/mol. The van der Waals surface area contributed by atoms with Gasteiger partial charge in [0.25, 0.3) is 5.97 Å². The molecule has 0 aromatic heterocycles. The number of phenols is 1. The molecule has 0 heterocycles. The molecule has 0 atom stereocenters. The van der Waals surface area contributed by atoms with Gasteiger partial charge in [0.1, 0.15) is 0 Å². The Bertz CT molecular complexity index is 354. The van der Waals surface area contributed by atoms with Gasteiger partial charge in [0.05, 0.1) is 7.11 Å². The van der Waals surface area contributed by atoms with Crippen LogP contribution in [0.25, 0.3) is 0 Å². The molecule has 0 saturated heterocycles. The van der Waals surface area contributed by atoms with E-state index in [0.29, 0.717) is 5.75 Å². The SMILES string of the molecule is C=CCc1ccc(OC)c(O)c1.CC(=O)O. The number of methoxy groups -OCH3 is 1. The number of aliphatic carboxylic acids is 1. The second-order valence-corrected chi connectivity index (χ2v) is 3.02. The van der Waals surface area contributed by atoms with E-state index in [1.807, 2.05) is 6.07 Å². The van der Waals surface area contributed by atoms with Crippen LogP contribution in [0.3, 0.4) is 0 Å². The highest BCUT2D eigenvalue weighted by atomic mass is 16.5. The zero-order valence-electron chi connectivity index (χ0n) is 9.43. The third kappa shape index (κ3) is 5.70. The lowest BCUT2D eigenvalue weighted by atomic mass is 10.1. The van der Waals surface area contributed by atoms with E-state index in [2.05, 4.69) is 6.58 Å². The summed E-state index contributed by atoms with van der Waals surface area (Å²) in [6.07, 6.45) is 2.55. The summed E-state index contributed by atoms with van der Waals surface area (Å²) < 4.78 is 4.90. The Morgan fingerprint density at radius 2 is 2.12 bits per heavy atom. The lowest BCUT2D eigenvalue weighted by Gasteiger charge is -2.03. The number of carboxylic acid groups (broad SMARTS) is 1. The van der Waals surface area contributed by atoms with E-state index >= 15 is 0 Å². The lowest BCUT2D eigenvalue weighted by molar-refractivity contribution is -0.134. The molecule has 0 aliphatic rings. The van der Waals surface area contributed by atoms with Crippen molar-refractivity contribution in [2.75, 3.05) is 7.11 Å². The number of carboxylic acids is 1. The standard InChI is InChI=1S/C10H12O2.C2H4O2/c1-3-4-8-5-6-10(12-2)9(11)7-8;1-2(3)4/h3,5-7,11H,1,4H2,2H3;1H3,(H,3,4). The molecule has 1 aromatic rings. The maximum Gasteiger partial charge on any atom is 0.300 e. The lowest BCUT2D eigenvalue weighted by Crippen LogP contribution is -1.85. The largest absolute Gasteiger partial charge is 0.504 e. The van der Waals surface area contributed by atoms with E-state index in [-0.39, 0.29) is 5.75 Å². The first-order valence-electron chi connectivity index (χ1n) is 4.67. The molecule has 0 bridgehead atoms. The van der Waals surface area contributed by atoms with Crippen molar-refractivity contribution in [3.63, 3.8) is 0 Å². The van der Waals surface area contributed by atoms with Gasteiger partial charge in [0, 0.05) is 6.92 Å². The fraction of sp³-hybridized carbons (Fsp3) is 0.250. The van der Waals surface area contributed by atoms with E-state index in [1.165, 1.54) is 7.11 Å². The number of rotatable bonds is 3. The van der Waals surface area contributed by atoms with Gasteiger partial charge in [0.2, 0.25) is 0 Å². The Morgan fingerprint density at radius 3 is 2.50 bits per heavy atom. The summed E-state index contributed by atoms with van der Waals surface area (Å²) in [6, 6.07) is 5.33. The second kappa shape index (κ2) is 7.34. The number of carbonyl (C=O) groups is 1. The van der Waals surface area contributed by atoms with Gasteiger partial charge in [0.15, 0.2) is 11.5 Å². The quantitative estimate of drug-likeness (QED) is 0.772. The van der Waals surface area contributed by atoms with Crippen LogP contribution in [0.1, 0.15) is 12.5 Å². The summed E-state index contributed by atoms with van der Waals surface area (Å²) in [5, 5.41) is 16.8. The normalized spacial score (nSPS) is 8.62. The minimum atomic E-state index is -0.833. The second-order valence-electron chi connectivity index (χ2n) is 3.02. The predicted molar refractivity (Wildman–Crippen MR) is 61.9 cm³/mol. The molecule has 0 spiro atoms. The van der Waals surface area contributed by atoms with Gasteiger partial charge in [-0.1, -0.05) is 12.1 Å². The number of allylic oxidation sites excluding steroid dienone is 1. The highest BCUT2D eigenvalue weighted by Crippen LogP contribution is 2.26. The fourth-order valence-electron chi connectivity index (χ4n) is 1.03. The zero-order chi connectivity index (χ0) is 12.6. The maximum atomic E-state index is 9.36. The Kier molecular flexibility index (Phi) is 6.43. The Morgan fingerprint density at radius 1 is 1.56 bits per heavy atom. The van der Waals surface area contributed by atoms with Crippen molar-refractivity contribution in [2.24, 2.45) is 0 Å². The average Bonchev–Trinajstić information content (AvgIpc) is 2.17. The minimum Gasteiger partial charge on any atom is -0.504 e. The summed E-state index contributed by atoms with van der Waals surface area (Å²) in [5.41, 5.74) is 1.03. The van der Waals surface area contributed by atoms with Crippen molar-refractivity contribution < 1.29 is 19.7 Å². The van der Waals surface area contributed by atoms with Crippen LogP contribution in [0.4, 0.5) is 0 Å². The van der Waals surface area contributed by atoms with Gasteiger partial charge in [-0.15, -0.1) is 6.58 Å². The Balaban J connectivity index is 0.000000487. The molecule has 1 aromatic carbocycles. The molecular formula is C12H16O4. The van der Waals surface area contributed by atoms with Gasteiger partial charge < -0.3 is 14.9 Å². The van der Waals surface area contributed by atoms with Gasteiger partial charge in [-0.2, -0.15) is 0 Å². The topological polar surface area (TPSA) is 66.8 Å². The summed E-state index contributed by atoms with van der Waals surface area (Å²) in [5.74, 6) is -0.153. The first-order chi connectivity index (χ1) is 7.51. The minimum absolute atomic E-state index is 0.178. The van der Waals surface area contributed by atoms with Gasteiger partial charge in [-0.3, -0.25) is 4.79 Å². The Hall–Kier alpha value is -1.97. The van der Waals surface area contributed by atoms with E-state index in [0.717, 1.165) is 18.9 Å². The molecule has 0 saturated carbocycles. The number of ether oxygens (including phenoxy) is 1. The van der Waals surface area contributed by atoms with Crippen molar-refractivity contribution >= 4 is 5.97 Å². The molecule has 16 heavy (non-hydrogen) atoms. The fourth-order valence-corrected chi connectivity index (χ4v) is 1.03. The van der Waals surface area contributed by atoms with Crippen molar-refractivity contribution in [3.05, 3.63) is 36.4 Å². The van der Waals surface area contributed by atoms with Gasteiger partial charge in [-0.25, -0.2) is 0 Å². The molecule has 0 aliphatic carbocycles. The molecule has 0 fully saturated rings. The van der Waals surface area contributed by atoms with E-state index in [4.69, 9.17) is 14.6 Å². The van der Waals surface area contributed by atoms with Crippen molar-refractivity contribution in [1.29, 1.82) is 0 Å². The third-order valence-electron chi connectivity index (χ3n) is 1.62. The van der Waals surface area contributed by atoms with Crippen LogP contribution in [0, 0.1) is 0 Å². The average molecular weight is 224 g/mol. The summed E-state index contributed by atoms with van der Waals surface area (Å²) in [6.45, 7) is 4.70. The van der Waals surface area contributed by atoms with Crippen molar-refractivity contribution in [1.82, 2.24) is 0 Å². The highest BCUT2D eigenvalue weighted by molar-refractivity contribution is 5.62. The molecule has 4 heteroatoms. The first-order valence-corrected chi connectivity index (χ1v) is 4.67. The van der Waals surface area contributed by atoms with Crippen LogP contribution in [-0.2, 0) is 11.2 Å². The molecule has 0 unspecified atom stereocenters. The molecule has 1 rings (SSSR count). The van der Waals surface area contributed by atoms with Crippen LogP contribution >= 0.6 is 0 Å². The number of aromatic hydroxyl groups is 1. The predicted octanol–water partition coefficient (Wildman–Crippen LogP) is 2.22. The smallest absolute Gasteiger partial charge is 0.300 e. The van der Waals surface area contributed by atoms with Crippen molar-refractivity contribution in [2.45, 2.75) is 13.3 Å². The van der Waals surface area contributed by atoms with E-state index in [9.17, 15) is 5.11 Å². The van der Waals surface area contributed by atoms with Crippen LogP contribution in [0.2, 0.25) is 0 Å². The van der Waals surface area contributed by atoms with Crippen LogP contribution in [0.5, 0.6) is 11.5 Å². The van der Waals surface area contributed by atoms with Gasteiger partial charge >= 0.3 is 0 Å². The highest BCUT2D eigenvalue weighted by Gasteiger charge is 2.00. The molecule has 0 amide bonds. The van der Waals surface area contributed by atoms with Crippen LogP contribution in [0.15, 0.2) is 30.9 Å². The number of phenolic OH excluding ortho intramolecular Hbond substituents is 1. The third-order valence-corrected chi connectivity index (χ3v) is 1.62. The number of benzene rings is 1. The van der Waals surface area contributed by atoms with Crippen molar-refractivity contribution in [3.8, 4) is 11.5 Å². The summed E-state index contributed by atoms with van der Waals surface area (Å²) in [7, 11) is 1.53. The number of hydrogen-bond acceptors (Lipinski definition) is 3. The van der Waals surface area contributed by atoms with E-state index in [1.54, 1.807) is 18.2 Å². The van der Waals surface area contributed by atoms with Crippen LogP contribution < -0.4 is 4.74 Å². The molecule has 0 radical (unpaired) electrons. The van der Waals surface area contributed by atoms with Gasteiger partial charge in [-0.05, 0) is 24.1 Å². The monoisotopic (exact) mass is 224 g/mol. The Labute approximate surface area is 94.8 Å². The molecule has 2 N–H and O–H groups in total. The summed E-state index contributed by atoms with van der Waals surface area (Å²) in [4.78, 5) is 9.00. The zero-order valence-corrected chi connectivity index (χ0v) is 9.43. The maximum absolute atomic E-state index is 9.36. The molecule has 0 aliphatic heterocycles. The molecule has 88 valence electrons. The van der Waals surface area contributed by atoms with E-state index < -0.39 is 5.97 Å². The van der Waals surface area contributed by atoms with Crippen LogP contribution in [-0.4, -0.2) is 23.3 Å².